The van der Waals surface area contributed by atoms with Crippen LogP contribution in [0.15, 0.2) is 0 Å². The van der Waals surface area contributed by atoms with Crippen LogP contribution in [0.3, 0.4) is 0 Å². The predicted octanol–water partition coefficient (Wildman–Crippen LogP) is 4.56. The average molecular weight is 328 g/mol. The lowest BCUT2D eigenvalue weighted by atomic mass is 10.1. The maximum Gasteiger partial charge on any atom is 0.328 e. The Hall–Kier alpha value is -1.06. The van der Waals surface area contributed by atoms with E-state index < -0.39 is 6.04 Å². The van der Waals surface area contributed by atoms with Crippen LogP contribution in [-0.2, 0) is 14.3 Å². The molecule has 0 heterocycles. The zero-order valence-electron chi connectivity index (χ0n) is 16.1. The van der Waals surface area contributed by atoms with Crippen molar-refractivity contribution in [1.29, 1.82) is 0 Å². The van der Waals surface area contributed by atoms with E-state index in [0.29, 0.717) is 18.9 Å². The molecule has 0 aromatic heterocycles. The molecule has 0 saturated carbocycles. The van der Waals surface area contributed by atoms with Gasteiger partial charge in [-0.2, -0.15) is 0 Å². The fourth-order valence-corrected chi connectivity index (χ4v) is 2.40. The highest BCUT2D eigenvalue weighted by Gasteiger charge is 2.28. The Morgan fingerprint density at radius 2 is 1.57 bits per heavy atom. The highest BCUT2D eigenvalue weighted by atomic mass is 16.5. The first-order valence-electron chi connectivity index (χ1n) is 9.33. The van der Waals surface area contributed by atoms with Crippen LogP contribution in [0.2, 0.25) is 0 Å². The van der Waals surface area contributed by atoms with E-state index in [9.17, 15) is 9.59 Å². The second kappa shape index (κ2) is 12.4. The highest BCUT2D eigenvalue weighted by molar-refractivity contribution is 5.84. The van der Waals surface area contributed by atoms with Crippen LogP contribution >= 0.6 is 0 Å². The Morgan fingerprint density at radius 3 is 2.09 bits per heavy atom. The van der Waals surface area contributed by atoms with E-state index >= 15 is 0 Å². The number of carbonyl (C=O) groups excluding carboxylic acids is 2. The minimum absolute atomic E-state index is 0.0730. The summed E-state index contributed by atoms with van der Waals surface area (Å²) in [7, 11) is 0. The van der Waals surface area contributed by atoms with Gasteiger partial charge in [-0.05, 0) is 32.6 Å². The zero-order valence-corrected chi connectivity index (χ0v) is 16.1. The van der Waals surface area contributed by atoms with Crippen molar-refractivity contribution < 1.29 is 14.3 Å². The molecule has 0 spiro atoms. The molecule has 2 atom stereocenters. The smallest absolute Gasteiger partial charge is 0.328 e. The standard InChI is InChI=1S/C19H37NO3/c1-7-9-10-11-12-13-18(21)20(14-15(3)4)17(6)19(22)23-16(5)8-2/h15-17H,7-14H2,1-6H3. The number of amides is 1. The number of hydrogen-bond acceptors (Lipinski definition) is 3. The van der Waals surface area contributed by atoms with E-state index in [1.165, 1.54) is 19.3 Å². The second-order valence-electron chi connectivity index (χ2n) is 6.94. The largest absolute Gasteiger partial charge is 0.461 e. The molecule has 0 aromatic rings. The number of ether oxygens (including phenoxy) is 1. The summed E-state index contributed by atoms with van der Waals surface area (Å²) < 4.78 is 5.40. The summed E-state index contributed by atoms with van der Waals surface area (Å²) in [5, 5.41) is 0. The zero-order chi connectivity index (χ0) is 17.8. The Bertz CT molecular complexity index is 342. The predicted molar refractivity (Wildman–Crippen MR) is 95.2 cm³/mol. The van der Waals surface area contributed by atoms with E-state index in [4.69, 9.17) is 4.74 Å². The quantitative estimate of drug-likeness (QED) is 0.390. The van der Waals surface area contributed by atoms with Gasteiger partial charge in [0.2, 0.25) is 5.91 Å². The first-order chi connectivity index (χ1) is 10.8. The Morgan fingerprint density at radius 1 is 0.957 bits per heavy atom. The molecule has 136 valence electrons. The first kappa shape index (κ1) is 21.9. The second-order valence-corrected chi connectivity index (χ2v) is 6.94. The summed E-state index contributed by atoms with van der Waals surface area (Å²) in [6.45, 7) is 12.6. The van der Waals surface area contributed by atoms with Crippen molar-refractivity contribution in [1.82, 2.24) is 4.90 Å². The van der Waals surface area contributed by atoms with Crippen LogP contribution in [0.5, 0.6) is 0 Å². The summed E-state index contributed by atoms with van der Waals surface area (Å²) in [6.07, 6.45) is 6.80. The summed E-state index contributed by atoms with van der Waals surface area (Å²) >= 11 is 0. The van der Waals surface area contributed by atoms with Crippen LogP contribution in [0.4, 0.5) is 0 Å². The molecular weight excluding hydrogens is 290 g/mol. The van der Waals surface area contributed by atoms with Crippen molar-refractivity contribution in [2.75, 3.05) is 6.54 Å². The van der Waals surface area contributed by atoms with Crippen LogP contribution in [0, 0.1) is 5.92 Å². The molecule has 0 bridgehead atoms. The van der Waals surface area contributed by atoms with Gasteiger partial charge in [-0.1, -0.05) is 53.4 Å². The first-order valence-corrected chi connectivity index (χ1v) is 9.33. The third-order valence-electron chi connectivity index (χ3n) is 4.08. The van der Waals surface area contributed by atoms with Gasteiger partial charge in [0.1, 0.15) is 6.04 Å². The van der Waals surface area contributed by atoms with Gasteiger partial charge in [0, 0.05) is 13.0 Å². The molecule has 0 rings (SSSR count). The molecular formula is C19H37NO3. The monoisotopic (exact) mass is 327 g/mol. The molecule has 0 aliphatic carbocycles. The molecule has 1 amide bonds. The maximum absolute atomic E-state index is 12.5. The van der Waals surface area contributed by atoms with Crippen molar-refractivity contribution in [3.63, 3.8) is 0 Å². The van der Waals surface area contributed by atoms with Crippen molar-refractivity contribution >= 4 is 11.9 Å². The normalized spacial score (nSPS) is 13.7. The molecule has 4 heteroatoms. The van der Waals surface area contributed by atoms with E-state index in [0.717, 1.165) is 19.3 Å². The molecule has 0 N–H and O–H groups in total. The van der Waals surface area contributed by atoms with Gasteiger partial charge in [0.05, 0.1) is 6.10 Å². The van der Waals surface area contributed by atoms with E-state index in [1.807, 2.05) is 13.8 Å². The van der Waals surface area contributed by atoms with Gasteiger partial charge >= 0.3 is 5.97 Å². The molecule has 2 unspecified atom stereocenters. The Labute approximate surface area is 143 Å². The Balaban J connectivity index is 4.59. The minimum Gasteiger partial charge on any atom is -0.461 e. The number of unbranched alkanes of at least 4 members (excludes halogenated alkanes) is 4. The number of nitrogens with zero attached hydrogens (tertiary/aromatic N) is 1. The number of hydrogen-bond donors (Lipinski definition) is 0. The molecule has 0 fully saturated rings. The van der Waals surface area contributed by atoms with Gasteiger partial charge < -0.3 is 9.64 Å². The van der Waals surface area contributed by atoms with Gasteiger partial charge in [-0.15, -0.1) is 0 Å². The number of carbonyl (C=O) groups is 2. The lowest BCUT2D eigenvalue weighted by Crippen LogP contribution is -2.46. The van der Waals surface area contributed by atoms with Gasteiger partial charge in [-0.25, -0.2) is 4.79 Å². The van der Waals surface area contributed by atoms with Crippen LogP contribution in [0.25, 0.3) is 0 Å². The van der Waals surface area contributed by atoms with Crippen molar-refractivity contribution in [2.24, 2.45) is 5.92 Å². The van der Waals surface area contributed by atoms with E-state index in [-0.39, 0.29) is 18.0 Å². The minimum atomic E-state index is -0.505. The van der Waals surface area contributed by atoms with Gasteiger partial charge in [0.15, 0.2) is 0 Å². The summed E-state index contributed by atoms with van der Waals surface area (Å²) in [5.41, 5.74) is 0. The fourth-order valence-electron chi connectivity index (χ4n) is 2.40. The topological polar surface area (TPSA) is 46.6 Å². The number of esters is 1. The molecule has 23 heavy (non-hydrogen) atoms. The third-order valence-corrected chi connectivity index (χ3v) is 4.08. The van der Waals surface area contributed by atoms with Crippen LogP contribution in [-0.4, -0.2) is 35.5 Å². The molecule has 4 nitrogen and oxygen atoms in total. The summed E-state index contributed by atoms with van der Waals surface area (Å²) in [5.74, 6) is 0.112. The van der Waals surface area contributed by atoms with Gasteiger partial charge in [-0.3, -0.25) is 4.79 Å². The lowest BCUT2D eigenvalue weighted by Gasteiger charge is -2.30. The van der Waals surface area contributed by atoms with Crippen LogP contribution < -0.4 is 0 Å². The lowest BCUT2D eigenvalue weighted by molar-refractivity contribution is -0.158. The third kappa shape index (κ3) is 9.62. The molecule has 0 radical (unpaired) electrons. The van der Waals surface area contributed by atoms with Crippen molar-refractivity contribution in [3.05, 3.63) is 0 Å². The SMILES string of the molecule is CCCCCCCC(=O)N(CC(C)C)C(C)C(=O)OC(C)CC. The van der Waals surface area contributed by atoms with Crippen molar-refractivity contribution in [3.8, 4) is 0 Å². The Kier molecular flexibility index (Phi) is 11.8. The van der Waals surface area contributed by atoms with E-state index in [2.05, 4.69) is 20.8 Å². The average Bonchev–Trinajstić information content (AvgIpc) is 2.51. The van der Waals surface area contributed by atoms with Gasteiger partial charge in [0.25, 0.3) is 0 Å². The summed E-state index contributed by atoms with van der Waals surface area (Å²) in [6, 6.07) is -0.505. The number of rotatable bonds is 12. The molecule has 0 aromatic carbocycles. The maximum atomic E-state index is 12.5. The fraction of sp³-hybridized carbons (Fsp3) is 0.895. The molecule has 0 aliphatic heterocycles. The van der Waals surface area contributed by atoms with Crippen LogP contribution in [0.1, 0.15) is 86.5 Å². The van der Waals surface area contributed by atoms with E-state index in [1.54, 1.807) is 11.8 Å². The molecule has 0 saturated heterocycles. The molecule has 0 aliphatic rings. The summed E-state index contributed by atoms with van der Waals surface area (Å²) in [4.78, 5) is 26.5. The highest BCUT2D eigenvalue weighted by Crippen LogP contribution is 2.13. The van der Waals surface area contributed by atoms with Crippen molar-refractivity contribution in [2.45, 2.75) is 98.6 Å².